The number of Topliss-reactive ketones (excluding diaryl/α,β-unsaturated/α-hetero) is 1. The van der Waals surface area contributed by atoms with E-state index in [9.17, 15) is 13.6 Å². The topological polar surface area (TPSA) is 58.1 Å². The first-order valence-corrected chi connectivity index (χ1v) is 7.43. The molecule has 0 amide bonds. The highest BCUT2D eigenvalue weighted by molar-refractivity contribution is 6.04. The monoisotopic (exact) mass is 339 g/mol. The summed E-state index contributed by atoms with van der Waals surface area (Å²) >= 11 is 0. The van der Waals surface area contributed by atoms with Gasteiger partial charge in [0.15, 0.2) is 5.60 Å². The van der Waals surface area contributed by atoms with Gasteiger partial charge in [-0.1, -0.05) is 5.73 Å². The summed E-state index contributed by atoms with van der Waals surface area (Å²) in [5.74, 6) is -1.38. The molecule has 0 aliphatic carbocycles. The first-order valence-electron chi connectivity index (χ1n) is 7.43. The standard InChI is InChI=1S/C18H11F2N3O2/c19-13-3-4-14(15(20)8-13)18(10-25-18)17(24)12-2-5-16(22-9-12)23-7-1-6-21-11-23/h2-9,11H,10H2. The Bertz CT molecular complexity index is 943. The van der Waals surface area contributed by atoms with Gasteiger partial charge in [0.05, 0.1) is 19.0 Å². The molecule has 1 unspecified atom stereocenters. The number of ether oxygens (including phenoxy) is 1. The minimum absolute atomic E-state index is 0.0270. The molecule has 0 saturated carbocycles. The van der Waals surface area contributed by atoms with Crippen molar-refractivity contribution in [2.45, 2.75) is 5.60 Å². The third-order valence-corrected chi connectivity index (χ3v) is 3.99. The van der Waals surface area contributed by atoms with Crippen LogP contribution in [-0.2, 0) is 10.3 Å². The second-order valence-electron chi connectivity index (χ2n) is 5.57. The van der Waals surface area contributed by atoms with Crippen molar-refractivity contribution in [3.05, 3.63) is 77.4 Å². The molecular weight excluding hydrogens is 328 g/mol. The highest BCUT2D eigenvalue weighted by Crippen LogP contribution is 2.43. The van der Waals surface area contributed by atoms with Crippen LogP contribution in [0.15, 0.2) is 59.7 Å². The molecule has 2 aliphatic heterocycles. The minimum atomic E-state index is -1.41. The number of nitrogens with zero attached hydrogens (tertiary/aromatic N) is 3. The summed E-state index contributed by atoms with van der Waals surface area (Å²) in [4.78, 5) is 22.5. The zero-order valence-corrected chi connectivity index (χ0v) is 12.8. The molecule has 7 heteroatoms. The summed E-state index contributed by atoms with van der Waals surface area (Å²) in [6.45, 7) is 0.0441. The Morgan fingerprint density at radius 2 is 2.12 bits per heavy atom. The van der Waals surface area contributed by atoms with Gasteiger partial charge in [-0.2, -0.15) is 0 Å². The predicted molar refractivity (Wildman–Crippen MR) is 86.2 cm³/mol. The van der Waals surface area contributed by atoms with Crippen LogP contribution < -0.4 is 4.90 Å². The van der Waals surface area contributed by atoms with Crippen LogP contribution in [0.1, 0.15) is 15.9 Å². The lowest BCUT2D eigenvalue weighted by molar-refractivity contribution is 0.0866. The third kappa shape index (κ3) is 2.65. The van der Waals surface area contributed by atoms with Gasteiger partial charge in [-0.3, -0.25) is 9.69 Å². The Labute approximate surface area is 141 Å². The van der Waals surface area contributed by atoms with E-state index in [2.05, 4.69) is 15.7 Å². The number of carbonyl (C=O) groups excluding carboxylic acids is 1. The van der Waals surface area contributed by atoms with Crippen molar-refractivity contribution < 1.29 is 18.3 Å². The van der Waals surface area contributed by atoms with Crippen molar-refractivity contribution in [2.75, 3.05) is 11.5 Å². The Balaban J connectivity index is 1.62. The van der Waals surface area contributed by atoms with Crippen molar-refractivity contribution in [3.63, 3.8) is 0 Å². The van der Waals surface area contributed by atoms with E-state index in [0.717, 1.165) is 12.1 Å². The normalized spacial score (nSPS) is 20.8. The lowest BCUT2D eigenvalue weighted by atomic mass is 9.91. The average Bonchev–Trinajstić information content (AvgIpc) is 3.44. The number of epoxide rings is 1. The lowest BCUT2D eigenvalue weighted by Gasteiger charge is -2.15. The largest absolute Gasteiger partial charge is 0.356 e. The molecule has 0 N–H and O–H groups in total. The maximum Gasteiger partial charge on any atom is 0.203 e. The van der Waals surface area contributed by atoms with Gasteiger partial charge in [0, 0.05) is 23.4 Å². The fourth-order valence-electron chi connectivity index (χ4n) is 2.62. The SMILES string of the molecule is O=C(c1ccc(N2C=C=CN=C2)nc1)C1(c2ccc(F)cc2F)CO1. The minimum Gasteiger partial charge on any atom is -0.356 e. The highest BCUT2D eigenvalue weighted by Gasteiger charge is 2.55. The Kier molecular flexibility index (Phi) is 3.53. The van der Waals surface area contributed by atoms with Gasteiger partial charge < -0.3 is 4.74 Å². The molecule has 2 aliphatic rings. The highest BCUT2D eigenvalue weighted by atomic mass is 19.1. The maximum absolute atomic E-state index is 14.0. The lowest BCUT2D eigenvalue weighted by Crippen LogP contribution is -2.24. The second kappa shape index (κ2) is 5.73. The fraction of sp³-hybridized carbons (Fsp3) is 0.111. The quantitative estimate of drug-likeness (QED) is 0.488. The van der Waals surface area contributed by atoms with Gasteiger partial charge in [0.2, 0.25) is 5.78 Å². The molecule has 0 bridgehead atoms. The summed E-state index contributed by atoms with van der Waals surface area (Å²) in [6.07, 6.45) is 6.11. The molecule has 4 rings (SSSR count). The Morgan fingerprint density at radius 3 is 2.72 bits per heavy atom. The summed E-state index contributed by atoms with van der Waals surface area (Å²) in [6, 6.07) is 6.29. The summed E-state index contributed by atoms with van der Waals surface area (Å²) in [5.41, 5.74) is 1.71. The molecule has 25 heavy (non-hydrogen) atoms. The Morgan fingerprint density at radius 1 is 1.28 bits per heavy atom. The molecule has 2 aromatic rings. The van der Waals surface area contributed by atoms with Crippen molar-refractivity contribution in [1.29, 1.82) is 0 Å². The molecule has 1 aromatic carbocycles. The molecule has 5 nitrogen and oxygen atoms in total. The molecular formula is C18H11F2N3O2. The summed E-state index contributed by atoms with van der Waals surface area (Å²) in [5, 5.41) is 0. The number of ketones is 1. The van der Waals surface area contributed by atoms with E-state index in [4.69, 9.17) is 4.74 Å². The number of benzene rings is 1. The van der Waals surface area contributed by atoms with Gasteiger partial charge in [-0.05, 0) is 24.3 Å². The van der Waals surface area contributed by atoms with E-state index >= 15 is 0 Å². The van der Waals surface area contributed by atoms with Crippen LogP contribution >= 0.6 is 0 Å². The number of aliphatic imine (C=N–C) groups is 1. The summed E-state index contributed by atoms with van der Waals surface area (Å²) < 4.78 is 32.4. The smallest absolute Gasteiger partial charge is 0.203 e. The van der Waals surface area contributed by atoms with Gasteiger partial charge in [0.1, 0.15) is 23.8 Å². The molecule has 0 radical (unpaired) electrons. The summed E-state index contributed by atoms with van der Waals surface area (Å²) in [7, 11) is 0. The van der Waals surface area contributed by atoms with E-state index in [0.29, 0.717) is 5.82 Å². The van der Waals surface area contributed by atoms with Crippen LogP contribution in [0.25, 0.3) is 0 Å². The zero-order chi connectivity index (χ0) is 17.4. The van der Waals surface area contributed by atoms with Crippen molar-refractivity contribution in [1.82, 2.24) is 4.98 Å². The number of hydrogen-bond donors (Lipinski definition) is 0. The van der Waals surface area contributed by atoms with Gasteiger partial charge >= 0.3 is 0 Å². The molecule has 0 spiro atoms. The number of hydrogen-bond acceptors (Lipinski definition) is 5. The number of anilines is 1. The van der Waals surface area contributed by atoms with E-state index in [1.807, 2.05) is 0 Å². The van der Waals surface area contributed by atoms with E-state index in [1.54, 1.807) is 29.6 Å². The van der Waals surface area contributed by atoms with Crippen LogP contribution in [0.4, 0.5) is 14.6 Å². The van der Waals surface area contributed by atoms with Crippen molar-refractivity contribution in [3.8, 4) is 0 Å². The number of carbonyl (C=O) groups is 1. The fourth-order valence-corrected chi connectivity index (χ4v) is 2.62. The number of halogens is 2. The number of aromatic nitrogens is 1. The second-order valence-corrected chi connectivity index (χ2v) is 5.57. The number of pyridine rings is 1. The molecule has 3 heterocycles. The zero-order valence-electron chi connectivity index (χ0n) is 12.8. The maximum atomic E-state index is 14.0. The van der Waals surface area contributed by atoms with Crippen molar-refractivity contribution in [2.24, 2.45) is 4.99 Å². The van der Waals surface area contributed by atoms with E-state index in [-0.39, 0.29) is 17.7 Å². The van der Waals surface area contributed by atoms with Gasteiger partial charge in [0.25, 0.3) is 0 Å². The van der Waals surface area contributed by atoms with Crippen LogP contribution in [0.3, 0.4) is 0 Å². The molecule has 124 valence electrons. The molecule has 1 atom stereocenters. The first-order chi connectivity index (χ1) is 12.1. The van der Waals surface area contributed by atoms with Crippen LogP contribution in [-0.4, -0.2) is 23.7 Å². The third-order valence-electron chi connectivity index (χ3n) is 3.99. The molecule has 1 saturated heterocycles. The predicted octanol–water partition coefficient (Wildman–Crippen LogP) is 2.94. The van der Waals surface area contributed by atoms with Crippen molar-refractivity contribution >= 4 is 17.9 Å². The molecule has 1 aromatic heterocycles. The average molecular weight is 339 g/mol. The van der Waals surface area contributed by atoms with Gasteiger partial charge in [-0.15, -0.1) is 0 Å². The van der Waals surface area contributed by atoms with E-state index in [1.165, 1.54) is 18.5 Å². The van der Waals surface area contributed by atoms with Crippen LogP contribution in [0, 0.1) is 11.6 Å². The van der Waals surface area contributed by atoms with E-state index < -0.39 is 23.0 Å². The van der Waals surface area contributed by atoms with Gasteiger partial charge in [-0.25, -0.2) is 18.8 Å². The van der Waals surface area contributed by atoms with Crippen LogP contribution in [0.2, 0.25) is 0 Å². The molecule has 1 fully saturated rings. The Hall–Kier alpha value is -3.15. The number of rotatable bonds is 4. The first kappa shape index (κ1) is 15.4. The van der Waals surface area contributed by atoms with Crippen LogP contribution in [0.5, 0.6) is 0 Å².